The average Bonchev–Trinajstić information content (AvgIpc) is 3.14. The first kappa shape index (κ1) is 17.2. The third-order valence-electron chi connectivity index (χ3n) is 2.87. The van der Waals surface area contributed by atoms with Crippen molar-refractivity contribution in [1.82, 2.24) is 25.2 Å². The normalized spacial score (nSPS) is 10.8. The van der Waals surface area contributed by atoms with Crippen molar-refractivity contribution in [2.75, 3.05) is 11.1 Å². The van der Waals surface area contributed by atoms with Gasteiger partial charge in [0.15, 0.2) is 5.13 Å². The molecule has 0 spiro atoms. The molecule has 1 N–H and O–H groups in total. The van der Waals surface area contributed by atoms with Crippen LogP contribution in [-0.4, -0.2) is 36.9 Å². The maximum Gasteiger partial charge on any atom is 0.236 e. The molecule has 0 bridgehead atoms. The molecule has 124 valence electrons. The van der Waals surface area contributed by atoms with Crippen molar-refractivity contribution in [2.45, 2.75) is 5.16 Å². The van der Waals surface area contributed by atoms with Crippen LogP contribution in [0.25, 0.3) is 11.3 Å². The lowest BCUT2D eigenvalue weighted by molar-refractivity contribution is -0.113. The first-order valence-corrected chi connectivity index (χ1v) is 9.21. The second-order valence-corrected chi connectivity index (χ2v) is 7.23. The van der Waals surface area contributed by atoms with Crippen LogP contribution in [0.3, 0.4) is 0 Å². The molecule has 2 heterocycles. The van der Waals surface area contributed by atoms with Gasteiger partial charge in [0.25, 0.3) is 0 Å². The molecule has 1 aromatic carbocycles. The lowest BCUT2D eigenvalue weighted by Crippen LogP contribution is -2.14. The topological polar surface area (TPSA) is 85.6 Å². The van der Waals surface area contributed by atoms with E-state index in [4.69, 9.17) is 23.2 Å². The summed E-state index contributed by atoms with van der Waals surface area (Å²) < 4.78 is 1.50. The Balaban J connectivity index is 1.63. The lowest BCUT2D eigenvalue weighted by atomic mass is 10.2. The molecule has 0 saturated heterocycles. The number of hydrogen-bond donors (Lipinski definition) is 1. The van der Waals surface area contributed by atoms with Gasteiger partial charge in [-0.15, -0.1) is 16.4 Å². The van der Waals surface area contributed by atoms with Crippen molar-refractivity contribution >= 4 is 57.3 Å². The van der Waals surface area contributed by atoms with Crippen LogP contribution in [0.5, 0.6) is 0 Å². The Morgan fingerprint density at radius 1 is 1.42 bits per heavy atom. The smallest absolute Gasteiger partial charge is 0.236 e. The fraction of sp³-hybridized carbons (Fsp3) is 0.154. The van der Waals surface area contributed by atoms with Gasteiger partial charge >= 0.3 is 0 Å². The number of thiazole rings is 1. The second-order valence-electron chi connectivity index (χ2n) is 4.58. The van der Waals surface area contributed by atoms with Crippen molar-refractivity contribution in [3.63, 3.8) is 0 Å². The molecule has 2 aromatic heterocycles. The van der Waals surface area contributed by atoms with Gasteiger partial charge in [-0.05, 0) is 28.6 Å². The molecular formula is C13H10Cl2N6OS2. The van der Waals surface area contributed by atoms with E-state index < -0.39 is 0 Å². The molecule has 0 aliphatic heterocycles. The summed E-state index contributed by atoms with van der Waals surface area (Å²) in [6, 6.07) is 5.19. The van der Waals surface area contributed by atoms with Crippen LogP contribution in [0.15, 0.2) is 28.7 Å². The number of carbonyl (C=O) groups excluding carboxylic acids is 1. The van der Waals surface area contributed by atoms with Crippen molar-refractivity contribution in [3.8, 4) is 11.3 Å². The molecule has 7 nitrogen and oxygen atoms in total. The lowest BCUT2D eigenvalue weighted by Gasteiger charge is -2.02. The fourth-order valence-corrected chi connectivity index (χ4v) is 3.66. The molecule has 24 heavy (non-hydrogen) atoms. The number of nitrogens with zero attached hydrogens (tertiary/aromatic N) is 5. The van der Waals surface area contributed by atoms with E-state index in [0.717, 1.165) is 5.56 Å². The molecular weight excluding hydrogens is 391 g/mol. The minimum Gasteiger partial charge on any atom is -0.301 e. The minimum absolute atomic E-state index is 0.185. The molecule has 0 fully saturated rings. The molecule has 11 heteroatoms. The Morgan fingerprint density at radius 2 is 2.25 bits per heavy atom. The Labute approximate surface area is 155 Å². The van der Waals surface area contributed by atoms with E-state index in [2.05, 4.69) is 25.8 Å². The third-order valence-corrected chi connectivity index (χ3v) is 5.19. The molecule has 1 amide bonds. The van der Waals surface area contributed by atoms with Gasteiger partial charge in [0.05, 0.1) is 16.5 Å². The molecule has 0 unspecified atom stereocenters. The Kier molecular flexibility index (Phi) is 5.34. The second kappa shape index (κ2) is 7.47. The number of nitrogens with one attached hydrogen (secondary N) is 1. The van der Waals surface area contributed by atoms with E-state index in [1.807, 2.05) is 5.38 Å². The minimum atomic E-state index is -0.189. The molecule has 0 saturated carbocycles. The van der Waals surface area contributed by atoms with E-state index in [9.17, 15) is 4.79 Å². The fourth-order valence-electron chi connectivity index (χ4n) is 1.78. The van der Waals surface area contributed by atoms with E-state index in [1.54, 1.807) is 25.2 Å². The number of thioether (sulfide) groups is 1. The molecule has 0 aliphatic rings. The summed E-state index contributed by atoms with van der Waals surface area (Å²) >= 11 is 14.6. The molecule has 0 radical (unpaired) electrons. The van der Waals surface area contributed by atoms with E-state index in [-0.39, 0.29) is 11.7 Å². The first-order chi connectivity index (χ1) is 11.5. The standard InChI is InChI=1S/C13H10Cl2N6OS2/c1-21-13(18-19-20-21)24-6-11(22)17-12-16-10(5-23-12)8-3-2-7(14)4-9(8)15/h2-5H,6H2,1H3,(H,16,17,22). The largest absolute Gasteiger partial charge is 0.301 e. The van der Waals surface area contributed by atoms with Crippen molar-refractivity contribution in [2.24, 2.45) is 7.05 Å². The van der Waals surface area contributed by atoms with Crippen LogP contribution in [0.2, 0.25) is 10.0 Å². The zero-order valence-electron chi connectivity index (χ0n) is 12.2. The number of amides is 1. The summed E-state index contributed by atoms with van der Waals surface area (Å²) in [5, 5.41) is 17.7. The molecule has 0 aliphatic carbocycles. The van der Waals surface area contributed by atoms with Crippen molar-refractivity contribution in [1.29, 1.82) is 0 Å². The maximum atomic E-state index is 12.0. The Hall–Kier alpha value is -1.68. The van der Waals surface area contributed by atoms with Crippen LogP contribution < -0.4 is 5.32 Å². The highest BCUT2D eigenvalue weighted by Crippen LogP contribution is 2.32. The predicted molar refractivity (Wildman–Crippen MR) is 95.7 cm³/mol. The number of aromatic nitrogens is 5. The van der Waals surface area contributed by atoms with Gasteiger partial charge in [-0.3, -0.25) is 4.79 Å². The van der Waals surface area contributed by atoms with E-state index in [1.165, 1.54) is 27.8 Å². The summed E-state index contributed by atoms with van der Waals surface area (Å²) in [5.41, 5.74) is 1.44. The van der Waals surface area contributed by atoms with Gasteiger partial charge in [0, 0.05) is 23.0 Å². The highest BCUT2D eigenvalue weighted by Gasteiger charge is 2.12. The number of benzene rings is 1. The number of rotatable bonds is 5. The van der Waals surface area contributed by atoms with Crippen molar-refractivity contribution < 1.29 is 4.79 Å². The number of tetrazole rings is 1. The van der Waals surface area contributed by atoms with Gasteiger partial charge < -0.3 is 5.32 Å². The van der Waals surface area contributed by atoms with E-state index >= 15 is 0 Å². The van der Waals surface area contributed by atoms with Gasteiger partial charge in [0.1, 0.15) is 0 Å². The molecule has 3 aromatic rings. The summed E-state index contributed by atoms with van der Waals surface area (Å²) in [6.45, 7) is 0. The average molecular weight is 401 g/mol. The summed E-state index contributed by atoms with van der Waals surface area (Å²) in [4.78, 5) is 16.4. The van der Waals surface area contributed by atoms with Crippen LogP contribution in [-0.2, 0) is 11.8 Å². The Bertz CT molecular complexity index is 881. The first-order valence-electron chi connectivity index (χ1n) is 6.59. The summed E-state index contributed by atoms with van der Waals surface area (Å²) in [7, 11) is 1.71. The van der Waals surface area contributed by atoms with Gasteiger partial charge in [-0.2, -0.15) is 0 Å². The van der Waals surface area contributed by atoms with E-state index in [0.29, 0.717) is 26.0 Å². The van der Waals surface area contributed by atoms with Crippen LogP contribution in [0.1, 0.15) is 0 Å². The van der Waals surface area contributed by atoms with Crippen LogP contribution >= 0.6 is 46.3 Å². The molecule has 3 rings (SSSR count). The predicted octanol–water partition coefficient (Wildman–Crippen LogP) is 3.37. The van der Waals surface area contributed by atoms with Gasteiger partial charge in [-0.1, -0.05) is 35.0 Å². The monoisotopic (exact) mass is 400 g/mol. The highest BCUT2D eigenvalue weighted by atomic mass is 35.5. The summed E-state index contributed by atoms with van der Waals surface area (Å²) in [6.07, 6.45) is 0. The Morgan fingerprint density at radius 3 is 2.96 bits per heavy atom. The maximum absolute atomic E-state index is 12.0. The number of hydrogen-bond acceptors (Lipinski definition) is 7. The number of anilines is 1. The van der Waals surface area contributed by atoms with Crippen LogP contribution in [0.4, 0.5) is 5.13 Å². The van der Waals surface area contributed by atoms with Gasteiger partial charge in [0.2, 0.25) is 11.1 Å². The quantitative estimate of drug-likeness (QED) is 0.660. The number of carbonyl (C=O) groups is 1. The SMILES string of the molecule is Cn1nnnc1SCC(=O)Nc1nc(-c2ccc(Cl)cc2Cl)cs1. The zero-order chi connectivity index (χ0) is 17.1. The number of aryl methyl sites for hydroxylation is 1. The summed E-state index contributed by atoms with van der Waals surface area (Å²) in [5.74, 6) is -0.00345. The third kappa shape index (κ3) is 4.04. The zero-order valence-corrected chi connectivity index (χ0v) is 15.4. The number of halogens is 2. The molecule has 0 atom stereocenters. The van der Waals surface area contributed by atoms with Crippen LogP contribution in [0, 0.1) is 0 Å². The van der Waals surface area contributed by atoms with Gasteiger partial charge in [-0.25, -0.2) is 9.67 Å². The highest BCUT2D eigenvalue weighted by molar-refractivity contribution is 7.99. The van der Waals surface area contributed by atoms with Crippen molar-refractivity contribution in [3.05, 3.63) is 33.6 Å².